The van der Waals surface area contributed by atoms with Crippen molar-refractivity contribution < 1.29 is 53.0 Å². The fourth-order valence-corrected chi connectivity index (χ4v) is 6.17. The molecular weight excluding hydrogens is 668 g/mol. The lowest BCUT2D eigenvalue weighted by Crippen LogP contribution is -2.36. The number of imidazole rings is 1. The van der Waals surface area contributed by atoms with E-state index in [2.05, 4.69) is 25.6 Å². The maximum absolute atomic E-state index is 13.8. The number of H-pyrrole nitrogens is 1. The molecule has 2 aromatic heterocycles. The van der Waals surface area contributed by atoms with E-state index in [9.17, 15) is 19.5 Å². The van der Waals surface area contributed by atoms with Crippen LogP contribution >= 0.6 is 0 Å². The fraction of sp³-hybridized carbons (Fsp3) is 0.441. The molecule has 0 spiro atoms. The molecule has 270 valence electrons. The highest BCUT2D eigenvalue weighted by molar-refractivity contribution is 5.89. The Balaban J connectivity index is 1.17. The lowest BCUT2D eigenvalue weighted by Gasteiger charge is -2.21. The van der Waals surface area contributed by atoms with Crippen LogP contribution in [0.25, 0.3) is 22.5 Å². The van der Waals surface area contributed by atoms with Crippen LogP contribution in [0.4, 0.5) is 9.59 Å². The molecule has 6 rings (SSSR count). The zero-order valence-electron chi connectivity index (χ0n) is 28.3. The van der Waals surface area contributed by atoms with Gasteiger partial charge in [-0.25, -0.2) is 19.4 Å². The molecule has 2 saturated heterocycles. The molecule has 5 atom stereocenters. The first kappa shape index (κ1) is 35.4. The third-order valence-electron chi connectivity index (χ3n) is 8.41. The second kappa shape index (κ2) is 14.8. The van der Waals surface area contributed by atoms with E-state index >= 15 is 0 Å². The number of nitrogens with one attached hydrogen (secondary N) is 1. The third-order valence-corrected chi connectivity index (χ3v) is 8.41. The van der Waals surface area contributed by atoms with Crippen LogP contribution in [0, 0.1) is 0 Å². The van der Waals surface area contributed by atoms with Crippen molar-refractivity contribution in [1.29, 1.82) is 0 Å². The SMILES string of the molecule is CCCc1nc(C(C)(C)O)c(C(=O)OC(C)OC(=O)O[C@@H]2CO[C@@H]3[C@H]2OC[C@H]3OC(=O)O)n1Cc1ccc(-c2ccccc2-c2nn[nH]n2)cc1. The Hall–Kier alpha value is -5.39. The summed E-state index contributed by atoms with van der Waals surface area (Å²) in [4.78, 5) is 42.1. The van der Waals surface area contributed by atoms with E-state index in [-0.39, 0.29) is 31.1 Å². The zero-order valence-corrected chi connectivity index (χ0v) is 28.3. The molecule has 2 aromatic carbocycles. The predicted octanol–water partition coefficient (Wildman–Crippen LogP) is 3.84. The number of rotatable bonds is 12. The number of nitrogens with zero attached hydrogens (tertiary/aromatic N) is 5. The Morgan fingerprint density at radius 3 is 2.27 bits per heavy atom. The number of aromatic nitrogens is 6. The molecule has 2 fully saturated rings. The van der Waals surface area contributed by atoms with Crippen LogP contribution in [0.3, 0.4) is 0 Å². The summed E-state index contributed by atoms with van der Waals surface area (Å²) in [5, 5.41) is 34.4. The van der Waals surface area contributed by atoms with Crippen molar-refractivity contribution in [2.45, 2.75) is 83.4 Å². The molecule has 0 bridgehead atoms. The highest BCUT2D eigenvalue weighted by Crippen LogP contribution is 2.33. The Morgan fingerprint density at radius 2 is 1.67 bits per heavy atom. The number of aliphatic hydroxyl groups is 1. The molecule has 17 heteroatoms. The van der Waals surface area contributed by atoms with E-state index in [1.54, 1.807) is 4.57 Å². The van der Waals surface area contributed by atoms with Gasteiger partial charge in [-0.15, -0.1) is 10.2 Å². The smallest absolute Gasteiger partial charge is 0.450 e. The monoisotopic (exact) mass is 706 g/mol. The van der Waals surface area contributed by atoms with E-state index in [0.29, 0.717) is 24.5 Å². The van der Waals surface area contributed by atoms with Gasteiger partial charge in [0, 0.05) is 25.5 Å². The van der Waals surface area contributed by atoms with E-state index in [0.717, 1.165) is 22.3 Å². The van der Waals surface area contributed by atoms with Gasteiger partial charge in [0.05, 0.1) is 13.2 Å². The number of carbonyl (C=O) groups is 3. The average Bonchev–Trinajstić information content (AvgIpc) is 3.88. The third kappa shape index (κ3) is 7.84. The lowest BCUT2D eigenvalue weighted by molar-refractivity contribution is -0.0994. The quantitative estimate of drug-likeness (QED) is 0.108. The van der Waals surface area contributed by atoms with E-state index in [1.807, 2.05) is 55.5 Å². The van der Waals surface area contributed by atoms with Crippen molar-refractivity contribution in [3.8, 4) is 22.5 Å². The number of hydrogen-bond donors (Lipinski definition) is 3. The normalized spacial score (nSPS) is 20.4. The maximum atomic E-state index is 13.8. The van der Waals surface area contributed by atoms with Crippen molar-refractivity contribution in [2.24, 2.45) is 0 Å². The van der Waals surface area contributed by atoms with Crippen LogP contribution in [0.2, 0.25) is 0 Å². The number of carboxylic acid groups (broad SMARTS) is 1. The summed E-state index contributed by atoms with van der Waals surface area (Å²) in [6, 6.07) is 15.5. The summed E-state index contributed by atoms with van der Waals surface area (Å²) in [6.07, 6.45) is -6.05. The van der Waals surface area contributed by atoms with E-state index in [1.165, 1.54) is 20.8 Å². The number of ether oxygens (including phenoxy) is 6. The highest BCUT2D eigenvalue weighted by Gasteiger charge is 2.51. The minimum absolute atomic E-state index is 0.0113. The number of esters is 1. The molecule has 1 unspecified atom stereocenters. The number of tetrazole rings is 1. The molecular formula is C34H38N6O11. The van der Waals surface area contributed by atoms with Crippen LogP contribution in [0.5, 0.6) is 0 Å². The summed E-state index contributed by atoms with van der Waals surface area (Å²) in [5.41, 5.74) is 2.09. The van der Waals surface area contributed by atoms with Crippen LogP contribution in [-0.4, -0.2) is 103 Å². The van der Waals surface area contributed by atoms with Crippen molar-refractivity contribution in [3.63, 3.8) is 0 Å². The first-order chi connectivity index (χ1) is 24.4. The Labute approximate surface area is 291 Å². The second-order valence-electron chi connectivity index (χ2n) is 12.6. The lowest BCUT2D eigenvalue weighted by atomic mass is 9.98. The summed E-state index contributed by atoms with van der Waals surface area (Å²) < 4.78 is 33.7. The van der Waals surface area contributed by atoms with Crippen molar-refractivity contribution in [1.82, 2.24) is 30.2 Å². The molecule has 0 amide bonds. The van der Waals surface area contributed by atoms with Gasteiger partial charge in [0.1, 0.15) is 29.3 Å². The predicted molar refractivity (Wildman–Crippen MR) is 174 cm³/mol. The minimum atomic E-state index is -1.52. The molecule has 4 aromatic rings. The number of aryl methyl sites for hydroxylation is 1. The number of hydrogen-bond acceptors (Lipinski definition) is 14. The average molecular weight is 707 g/mol. The van der Waals surface area contributed by atoms with Gasteiger partial charge in [-0.1, -0.05) is 55.5 Å². The van der Waals surface area contributed by atoms with Crippen LogP contribution in [0.15, 0.2) is 48.5 Å². The van der Waals surface area contributed by atoms with Gasteiger partial charge < -0.3 is 43.2 Å². The summed E-state index contributed by atoms with van der Waals surface area (Å²) in [7, 11) is 0. The van der Waals surface area contributed by atoms with Gasteiger partial charge in [-0.2, -0.15) is 5.21 Å². The fourth-order valence-electron chi connectivity index (χ4n) is 6.17. The number of benzene rings is 2. The Morgan fingerprint density at radius 1 is 1.00 bits per heavy atom. The maximum Gasteiger partial charge on any atom is 0.511 e. The van der Waals surface area contributed by atoms with Gasteiger partial charge in [0.25, 0.3) is 0 Å². The minimum Gasteiger partial charge on any atom is -0.450 e. The first-order valence-corrected chi connectivity index (χ1v) is 16.4. The van der Waals surface area contributed by atoms with Crippen molar-refractivity contribution >= 4 is 18.3 Å². The summed E-state index contributed by atoms with van der Waals surface area (Å²) >= 11 is 0. The van der Waals surface area contributed by atoms with Gasteiger partial charge >= 0.3 is 18.3 Å². The van der Waals surface area contributed by atoms with Crippen molar-refractivity contribution in [3.05, 3.63) is 71.3 Å². The molecule has 3 N–H and O–H groups in total. The summed E-state index contributed by atoms with van der Waals surface area (Å²) in [6.45, 7) is 6.47. The summed E-state index contributed by atoms with van der Waals surface area (Å²) in [5.74, 6) is 0.167. The zero-order chi connectivity index (χ0) is 36.3. The molecule has 0 saturated carbocycles. The van der Waals surface area contributed by atoms with Gasteiger partial charge in [0.2, 0.25) is 12.1 Å². The van der Waals surface area contributed by atoms with Gasteiger partial charge in [0.15, 0.2) is 17.9 Å². The van der Waals surface area contributed by atoms with E-state index in [4.69, 9.17) is 33.5 Å². The molecule has 0 aliphatic carbocycles. The van der Waals surface area contributed by atoms with Crippen LogP contribution < -0.4 is 0 Å². The number of carbonyl (C=O) groups excluding carboxylic acids is 2. The first-order valence-electron chi connectivity index (χ1n) is 16.4. The molecule has 2 aliphatic heterocycles. The van der Waals surface area contributed by atoms with Gasteiger partial charge in [-0.3, -0.25) is 0 Å². The topological polar surface area (TPSA) is 219 Å². The van der Waals surface area contributed by atoms with Gasteiger partial charge in [-0.05, 0) is 42.2 Å². The largest absolute Gasteiger partial charge is 0.511 e. The number of fused-ring (bicyclic) bond motifs is 1. The Kier molecular flexibility index (Phi) is 10.3. The molecule has 2 aliphatic rings. The molecule has 4 heterocycles. The standard InChI is InChI=1S/C34H38N6O11/c1-5-8-25-35-29(34(3,4)45)26(31(41)48-18(2)49-33(44)51-24-17-47-27-23(50-32(42)43)16-46-28(24)27)40(25)15-19-11-13-20(14-12-19)21-9-6-7-10-22(21)30-36-38-39-37-30/h6-7,9-14,18,23-24,27-28,45H,5,8,15-17H2,1-4H3,(H,42,43)(H,36,37,38,39)/t18?,23-,24-,27+,28+/m1/s1. The van der Waals surface area contributed by atoms with E-state index < -0.39 is 54.6 Å². The second-order valence-corrected chi connectivity index (χ2v) is 12.6. The van der Waals surface area contributed by atoms with Crippen molar-refractivity contribution in [2.75, 3.05) is 13.2 Å². The number of aromatic amines is 1. The molecule has 51 heavy (non-hydrogen) atoms. The molecule has 0 radical (unpaired) electrons. The highest BCUT2D eigenvalue weighted by atomic mass is 16.8. The van der Waals surface area contributed by atoms with Crippen LogP contribution in [-0.2, 0) is 47.0 Å². The Bertz CT molecular complexity index is 1850. The van der Waals surface area contributed by atoms with Crippen LogP contribution in [0.1, 0.15) is 61.7 Å². The molecule has 17 nitrogen and oxygen atoms in total.